The number of carbonyl (C=O) groups is 1. The van der Waals surface area contributed by atoms with Crippen molar-refractivity contribution in [1.82, 2.24) is 15.1 Å². The third-order valence-electron chi connectivity index (χ3n) is 7.54. The van der Waals surface area contributed by atoms with Crippen molar-refractivity contribution in [1.29, 1.82) is 0 Å². The number of carbonyl (C=O) groups excluding carboxylic acids is 1. The summed E-state index contributed by atoms with van der Waals surface area (Å²) in [5.41, 5.74) is 10.1. The van der Waals surface area contributed by atoms with E-state index in [9.17, 15) is 4.79 Å². The Hall–Kier alpha value is -3.09. The predicted octanol–water partition coefficient (Wildman–Crippen LogP) is 4.43. The zero-order valence-corrected chi connectivity index (χ0v) is 22.2. The summed E-state index contributed by atoms with van der Waals surface area (Å²) in [5, 5.41) is 3.16. The van der Waals surface area contributed by atoms with E-state index in [4.69, 9.17) is 10.5 Å². The molecule has 0 atom stereocenters. The second-order valence-electron chi connectivity index (χ2n) is 10.5. The summed E-state index contributed by atoms with van der Waals surface area (Å²) in [6.45, 7) is 8.56. The summed E-state index contributed by atoms with van der Waals surface area (Å²) in [6.07, 6.45) is 8.01. The fraction of sp³-hybridized carbons (Fsp3) is 0.452. The zero-order chi connectivity index (χ0) is 26.0. The minimum absolute atomic E-state index is 0.162. The number of piperidine rings is 1. The topological polar surface area (TPSA) is 70.8 Å². The Balaban J connectivity index is 1.29. The van der Waals surface area contributed by atoms with Crippen LogP contribution in [0.3, 0.4) is 0 Å². The summed E-state index contributed by atoms with van der Waals surface area (Å²) in [6, 6.07) is 18.8. The number of rotatable bonds is 12. The highest BCUT2D eigenvalue weighted by Crippen LogP contribution is 2.33. The molecule has 2 fully saturated rings. The smallest absolute Gasteiger partial charge is 0.234 e. The van der Waals surface area contributed by atoms with Crippen LogP contribution in [0.4, 0.5) is 0 Å². The lowest BCUT2D eigenvalue weighted by molar-refractivity contribution is -0.122. The molecule has 1 aliphatic heterocycles. The number of nitrogens with one attached hydrogen (secondary N) is 1. The van der Waals surface area contributed by atoms with E-state index in [0.29, 0.717) is 31.7 Å². The van der Waals surface area contributed by atoms with Gasteiger partial charge in [0.1, 0.15) is 12.4 Å². The molecule has 0 unspecified atom stereocenters. The van der Waals surface area contributed by atoms with Crippen molar-refractivity contribution in [2.75, 3.05) is 39.8 Å². The van der Waals surface area contributed by atoms with Gasteiger partial charge in [0.2, 0.25) is 5.91 Å². The van der Waals surface area contributed by atoms with Gasteiger partial charge in [-0.1, -0.05) is 55.5 Å². The predicted molar refractivity (Wildman–Crippen MR) is 151 cm³/mol. The molecule has 0 bridgehead atoms. The van der Waals surface area contributed by atoms with Crippen LogP contribution in [0.2, 0.25) is 0 Å². The van der Waals surface area contributed by atoms with Gasteiger partial charge >= 0.3 is 0 Å². The molecule has 37 heavy (non-hydrogen) atoms. The SMILES string of the molecule is C=C(CN)/C(=C\N(C)C1CC(CNC(=O)CN2CCCCC2)C1)c1cccc(OCc2ccccc2)c1. The Morgan fingerprint density at radius 1 is 1.14 bits per heavy atom. The van der Waals surface area contributed by atoms with Crippen LogP contribution < -0.4 is 15.8 Å². The maximum Gasteiger partial charge on any atom is 0.234 e. The van der Waals surface area contributed by atoms with Crippen LogP contribution >= 0.6 is 0 Å². The van der Waals surface area contributed by atoms with Crippen molar-refractivity contribution in [3.05, 3.63) is 84.1 Å². The first kappa shape index (κ1) is 27.0. The van der Waals surface area contributed by atoms with Gasteiger partial charge in [-0.3, -0.25) is 9.69 Å². The maximum atomic E-state index is 12.3. The molecule has 1 aliphatic carbocycles. The van der Waals surface area contributed by atoms with Crippen LogP contribution in [0.15, 0.2) is 72.9 Å². The second-order valence-corrected chi connectivity index (χ2v) is 10.5. The average Bonchev–Trinajstić information content (AvgIpc) is 2.90. The second kappa shape index (κ2) is 13.5. The standard InChI is InChI=1S/C31H42N4O2/c1-24(19-32)30(27-12-9-13-29(18-27)37-23-25-10-5-3-6-11-25)21-34(2)28-16-26(17-28)20-33-31(36)22-35-14-7-4-8-15-35/h3,5-6,9-13,18,21,26,28H,1,4,7-8,14-17,19-20,22-23,32H2,2H3,(H,33,36)/b30-21+. The number of amides is 1. The van der Waals surface area contributed by atoms with E-state index in [0.717, 1.165) is 60.5 Å². The largest absolute Gasteiger partial charge is 0.489 e. The van der Waals surface area contributed by atoms with Crippen LogP contribution in [-0.2, 0) is 11.4 Å². The molecule has 198 valence electrons. The van der Waals surface area contributed by atoms with Gasteiger partial charge in [0, 0.05) is 38.0 Å². The van der Waals surface area contributed by atoms with E-state index in [1.54, 1.807) is 0 Å². The fourth-order valence-corrected chi connectivity index (χ4v) is 5.12. The van der Waals surface area contributed by atoms with Crippen molar-refractivity contribution in [3.63, 3.8) is 0 Å². The number of hydrogen-bond donors (Lipinski definition) is 2. The number of benzene rings is 2. The van der Waals surface area contributed by atoms with Gasteiger partial charge in [-0.05, 0) is 73.5 Å². The number of hydrogen-bond acceptors (Lipinski definition) is 5. The minimum atomic E-state index is 0.162. The lowest BCUT2D eigenvalue weighted by Gasteiger charge is -2.41. The summed E-state index contributed by atoms with van der Waals surface area (Å²) in [5.74, 6) is 1.51. The van der Waals surface area contributed by atoms with Gasteiger partial charge in [-0.2, -0.15) is 0 Å². The summed E-state index contributed by atoms with van der Waals surface area (Å²) in [7, 11) is 2.12. The Labute approximate surface area is 222 Å². The molecule has 0 radical (unpaired) electrons. The Kier molecular flexibility index (Phi) is 9.80. The third kappa shape index (κ3) is 7.94. The molecule has 3 N–H and O–H groups in total. The Morgan fingerprint density at radius 2 is 1.89 bits per heavy atom. The van der Waals surface area contributed by atoms with Gasteiger partial charge in [0.05, 0.1) is 6.54 Å². The number of nitrogens with zero attached hydrogens (tertiary/aromatic N) is 2. The molecular formula is C31H42N4O2. The Bertz CT molecular complexity index is 1060. The molecule has 1 saturated carbocycles. The first-order valence-corrected chi connectivity index (χ1v) is 13.6. The monoisotopic (exact) mass is 502 g/mol. The van der Waals surface area contributed by atoms with Crippen LogP contribution in [0.25, 0.3) is 5.57 Å². The first-order chi connectivity index (χ1) is 18.0. The van der Waals surface area contributed by atoms with Crippen molar-refractivity contribution in [2.24, 2.45) is 11.7 Å². The molecule has 6 nitrogen and oxygen atoms in total. The van der Waals surface area contributed by atoms with E-state index in [1.165, 1.54) is 19.3 Å². The zero-order valence-electron chi connectivity index (χ0n) is 22.2. The lowest BCUT2D eigenvalue weighted by Crippen LogP contribution is -2.46. The molecular weight excluding hydrogens is 460 g/mol. The van der Waals surface area contributed by atoms with Gasteiger partial charge in [0.15, 0.2) is 0 Å². The van der Waals surface area contributed by atoms with E-state index in [2.05, 4.69) is 59.2 Å². The molecule has 0 aromatic heterocycles. The quantitative estimate of drug-likeness (QED) is 0.420. The van der Waals surface area contributed by atoms with Crippen LogP contribution in [0, 0.1) is 5.92 Å². The fourth-order valence-electron chi connectivity index (χ4n) is 5.12. The average molecular weight is 503 g/mol. The van der Waals surface area contributed by atoms with Crippen molar-refractivity contribution >= 4 is 11.5 Å². The molecule has 6 heteroatoms. The van der Waals surface area contributed by atoms with E-state index < -0.39 is 0 Å². The molecule has 2 aromatic rings. The van der Waals surface area contributed by atoms with Gasteiger partial charge < -0.3 is 20.7 Å². The molecule has 2 aliphatic rings. The maximum absolute atomic E-state index is 12.3. The molecule has 4 rings (SSSR count). The summed E-state index contributed by atoms with van der Waals surface area (Å²) >= 11 is 0. The normalized spacial score (nSPS) is 20.1. The lowest BCUT2D eigenvalue weighted by atomic mass is 9.79. The molecule has 0 spiro atoms. The summed E-state index contributed by atoms with van der Waals surface area (Å²) < 4.78 is 6.05. The highest BCUT2D eigenvalue weighted by Gasteiger charge is 2.31. The summed E-state index contributed by atoms with van der Waals surface area (Å²) in [4.78, 5) is 16.9. The van der Waals surface area contributed by atoms with Gasteiger partial charge in [-0.25, -0.2) is 0 Å². The van der Waals surface area contributed by atoms with Gasteiger partial charge in [-0.15, -0.1) is 0 Å². The van der Waals surface area contributed by atoms with E-state index >= 15 is 0 Å². The van der Waals surface area contributed by atoms with Gasteiger partial charge in [0.25, 0.3) is 0 Å². The molecule has 1 heterocycles. The number of likely N-dealkylation sites (tertiary alicyclic amines) is 1. The highest BCUT2D eigenvalue weighted by atomic mass is 16.5. The van der Waals surface area contributed by atoms with Crippen molar-refractivity contribution < 1.29 is 9.53 Å². The molecule has 2 aromatic carbocycles. The van der Waals surface area contributed by atoms with Crippen molar-refractivity contribution in [2.45, 2.75) is 44.8 Å². The Morgan fingerprint density at radius 3 is 2.62 bits per heavy atom. The van der Waals surface area contributed by atoms with E-state index in [-0.39, 0.29) is 5.91 Å². The minimum Gasteiger partial charge on any atom is -0.489 e. The van der Waals surface area contributed by atoms with E-state index in [1.807, 2.05) is 30.3 Å². The highest BCUT2D eigenvalue weighted by molar-refractivity contribution is 5.79. The third-order valence-corrected chi connectivity index (χ3v) is 7.54. The van der Waals surface area contributed by atoms with Crippen LogP contribution in [0.1, 0.15) is 43.2 Å². The molecule has 1 saturated heterocycles. The van der Waals surface area contributed by atoms with Crippen molar-refractivity contribution in [3.8, 4) is 5.75 Å². The number of nitrogens with two attached hydrogens (primary N) is 1. The van der Waals surface area contributed by atoms with Crippen LogP contribution in [0.5, 0.6) is 5.75 Å². The molecule has 1 amide bonds. The number of ether oxygens (including phenoxy) is 1. The van der Waals surface area contributed by atoms with Crippen LogP contribution in [-0.4, -0.2) is 61.5 Å². The first-order valence-electron chi connectivity index (χ1n) is 13.6.